The van der Waals surface area contributed by atoms with Gasteiger partial charge in [0, 0.05) is 12.5 Å². The molecule has 2 aliphatic rings. The van der Waals surface area contributed by atoms with Crippen LogP contribution < -0.4 is 11.1 Å². The van der Waals surface area contributed by atoms with Crippen molar-refractivity contribution in [1.82, 2.24) is 5.32 Å². The summed E-state index contributed by atoms with van der Waals surface area (Å²) in [5, 5.41) is 3.31. The molecule has 1 aliphatic heterocycles. The number of primary amides is 1. The molecule has 1 saturated heterocycles. The molecule has 0 bridgehead atoms. The molecule has 0 aromatic carbocycles. The van der Waals surface area contributed by atoms with Gasteiger partial charge in [-0.05, 0) is 26.7 Å². The van der Waals surface area contributed by atoms with Crippen molar-refractivity contribution in [2.24, 2.45) is 5.73 Å². The average molecular weight is 242 g/mol. The Morgan fingerprint density at radius 1 is 1.47 bits per heavy atom. The Morgan fingerprint density at radius 2 is 2.18 bits per heavy atom. The zero-order chi connectivity index (χ0) is 12.5. The summed E-state index contributed by atoms with van der Waals surface area (Å²) in [6, 6.07) is 0.244. The van der Waals surface area contributed by atoms with Crippen LogP contribution in [0.3, 0.4) is 0 Å². The number of amides is 1. The van der Waals surface area contributed by atoms with Crippen molar-refractivity contribution < 1.29 is 14.3 Å². The molecule has 17 heavy (non-hydrogen) atoms. The van der Waals surface area contributed by atoms with Gasteiger partial charge in [0.1, 0.15) is 11.6 Å². The highest BCUT2D eigenvalue weighted by atomic mass is 16.6. The summed E-state index contributed by atoms with van der Waals surface area (Å²) in [5.74, 6) is -0.262. The molecule has 98 valence electrons. The minimum atomic E-state index is -0.580. The summed E-state index contributed by atoms with van der Waals surface area (Å²) in [5.41, 5.74) is 4.96. The normalized spacial score (nSPS) is 33.9. The van der Waals surface area contributed by atoms with Crippen molar-refractivity contribution in [2.45, 2.75) is 56.9 Å². The number of carbonyl (C=O) groups excluding carboxylic acids is 1. The Kier molecular flexibility index (Phi) is 3.70. The smallest absolute Gasteiger partial charge is 0.237 e. The van der Waals surface area contributed by atoms with Crippen LogP contribution in [0.4, 0.5) is 0 Å². The predicted molar refractivity (Wildman–Crippen MR) is 63.5 cm³/mol. The molecule has 0 spiro atoms. The van der Waals surface area contributed by atoms with Crippen LogP contribution in [-0.2, 0) is 14.3 Å². The van der Waals surface area contributed by atoms with Gasteiger partial charge in [-0.3, -0.25) is 4.79 Å². The Bertz CT molecular complexity index is 291. The topological polar surface area (TPSA) is 73.6 Å². The minimum Gasteiger partial charge on any atom is -0.376 e. The molecule has 2 rings (SSSR count). The molecule has 0 aromatic heterocycles. The van der Waals surface area contributed by atoms with Crippen LogP contribution in [-0.4, -0.2) is 42.9 Å². The molecule has 0 radical (unpaired) electrons. The fourth-order valence-electron chi connectivity index (χ4n) is 2.66. The Morgan fingerprint density at radius 3 is 2.65 bits per heavy atom. The van der Waals surface area contributed by atoms with Crippen LogP contribution in [0.25, 0.3) is 0 Å². The number of ether oxygens (including phenoxy) is 2. The molecule has 1 aliphatic carbocycles. The van der Waals surface area contributed by atoms with Gasteiger partial charge in [-0.15, -0.1) is 0 Å². The molecule has 2 fully saturated rings. The van der Waals surface area contributed by atoms with Crippen LogP contribution in [0.1, 0.15) is 33.1 Å². The lowest BCUT2D eigenvalue weighted by molar-refractivity contribution is -0.154. The first-order chi connectivity index (χ1) is 8.02. The molecule has 2 unspecified atom stereocenters. The van der Waals surface area contributed by atoms with Crippen LogP contribution in [0.5, 0.6) is 0 Å². The van der Waals surface area contributed by atoms with Crippen molar-refractivity contribution in [3.8, 4) is 0 Å². The van der Waals surface area contributed by atoms with E-state index in [1.54, 1.807) is 0 Å². The molecule has 3 N–H and O–H groups in total. The second-order valence-corrected chi connectivity index (χ2v) is 5.41. The van der Waals surface area contributed by atoms with E-state index in [-0.39, 0.29) is 24.2 Å². The van der Waals surface area contributed by atoms with E-state index in [1.165, 1.54) is 0 Å². The van der Waals surface area contributed by atoms with E-state index >= 15 is 0 Å². The maximum absolute atomic E-state index is 11.7. The average Bonchev–Trinajstić information content (AvgIpc) is 2.55. The number of hydrogen-bond acceptors (Lipinski definition) is 4. The molecule has 5 heteroatoms. The Balaban J connectivity index is 1.92. The van der Waals surface area contributed by atoms with Crippen molar-refractivity contribution in [3.63, 3.8) is 0 Å². The Hall–Kier alpha value is -0.650. The summed E-state index contributed by atoms with van der Waals surface area (Å²) in [7, 11) is 0. The fraction of sp³-hybridized carbons (Fsp3) is 0.917. The lowest BCUT2D eigenvalue weighted by Gasteiger charge is -2.32. The Labute approximate surface area is 102 Å². The number of rotatable bonds is 5. The first-order valence-electron chi connectivity index (χ1n) is 6.33. The predicted octanol–water partition coefficient (Wildman–Crippen LogP) is 0.176. The largest absolute Gasteiger partial charge is 0.376 e. The molecule has 1 heterocycles. The summed E-state index contributed by atoms with van der Waals surface area (Å²) in [6.45, 7) is 5.41. The third-order valence-corrected chi connectivity index (χ3v) is 3.50. The molecule has 2 atom stereocenters. The van der Waals surface area contributed by atoms with Crippen LogP contribution in [0.2, 0.25) is 0 Å². The van der Waals surface area contributed by atoms with E-state index in [0.717, 1.165) is 12.8 Å². The SMILES string of the molecule is CC(C)NC1(C(N)=O)CCC(OC2COC2)C1. The second-order valence-electron chi connectivity index (χ2n) is 5.41. The van der Waals surface area contributed by atoms with Gasteiger partial charge in [0.15, 0.2) is 0 Å². The van der Waals surface area contributed by atoms with E-state index in [1.807, 2.05) is 13.8 Å². The van der Waals surface area contributed by atoms with Gasteiger partial charge < -0.3 is 20.5 Å². The molecule has 1 amide bonds. The quantitative estimate of drug-likeness (QED) is 0.721. The molecule has 1 saturated carbocycles. The van der Waals surface area contributed by atoms with Crippen molar-refractivity contribution in [2.75, 3.05) is 13.2 Å². The number of nitrogens with two attached hydrogens (primary N) is 1. The highest BCUT2D eigenvalue weighted by Gasteiger charge is 2.45. The van der Waals surface area contributed by atoms with Crippen molar-refractivity contribution in [1.29, 1.82) is 0 Å². The van der Waals surface area contributed by atoms with Gasteiger partial charge in [-0.1, -0.05) is 0 Å². The van der Waals surface area contributed by atoms with E-state index in [0.29, 0.717) is 19.6 Å². The van der Waals surface area contributed by atoms with Crippen LogP contribution in [0.15, 0.2) is 0 Å². The molecule has 0 aromatic rings. The maximum Gasteiger partial charge on any atom is 0.237 e. The second kappa shape index (κ2) is 4.92. The monoisotopic (exact) mass is 242 g/mol. The first kappa shape index (κ1) is 12.8. The highest BCUT2D eigenvalue weighted by molar-refractivity contribution is 5.85. The van der Waals surface area contributed by atoms with Crippen molar-refractivity contribution >= 4 is 5.91 Å². The van der Waals surface area contributed by atoms with Gasteiger partial charge >= 0.3 is 0 Å². The zero-order valence-corrected chi connectivity index (χ0v) is 10.6. The summed E-state index contributed by atoms with van der Waals surface area (Å²) in [6.07, 6.45) is 2.67. The van der Waals surface area contributed by atoms with Gasteiger partial charge in [0.05, 0.1) is 19.3 Å². The van der Waals surface area contributed by atoms with E-state index in [2.05, 4.69) is 5.32 Å². The lowest BCUT2D eigenvalue weighted by atomic mass is 9.95. The maximum atomic E-state index is 11.7. The number of hydrogen-bond donors (Lipinski definition) is 2. The van der Waals surface area contributed by atoms with Gasteiger partial charge in [0.25, 0.3) is 0 Å². The molecule has 5 nitrogen and oxygen atoms in total. The van der Waals surface area contributed by atoms with E-state index in [9.17, 15) is 4.79 Å². The number of carbonyl (C=O) groups is 1. The van der Waals surface area contributed by atoms with Crippen molar-refractivity contribution in [3.05, 3.63) is 0 Å². The summed E-state index contributed by atoms with van der Waals surface area (Å²) in [4.78, 5) is 11.7. The molecular weight excluding hydrogens is 220 g/mol. The third kappa shape index (κ3) is 2.78. The first-order valence-corrected chi connectivity index (χ1v) is 6.33. The highest BCUT2D eigenvalue weighted by Crippen LogP contribution is 2.33. The lowest BCUT2D eigenvalue weighted by Crippen LogP contribution is -2.56. The zero-order valence-electron chi connectivity index (χ0n) is 10.6. The summed E-state index contributed by atoms with van der Waals surface area (Å²) < 4.78 is 10.9. The minimum absolute atomic E-state index is 0.127. The third-order valence-electron chi connectivity index (χ3n) is 3.50. The van der Waals surface area contributed by atoms with Gasteiger partial charge in [-0.2, -0.15) is 0 Å². The van der Waals surface area contributed by atoms with Gasteiger partial charge in [-0.25, -0.2) is 0 Å². The summed E-state index contributed by atoms with van der Waals surface area (Å²) >= 11 is 0. The van der Waals surface area contributed by atoms with E-state index in [4.69, 9.17) is 15.2 Å². The van der Waals surface area contributed by atoms with Crippen LogP contribution >= 0.6 is 0 Å². The standard InChI is InChI=1S/C12H22N2O3/c1-8(2)14-12(11(13)15)4-3-9(5-12)17-10-6-16-7-10/h8-10,14H,3-7H2,1-2H3,(H2,13,15). The van der Waals surface area contributed by atoms with E-state index < -0.39 is 5.54 Å². The van der Waals surface area contributed by atoms with Gasteiger partial charge in [0.2, 0.25) is 5.91 Å². The fourth-order valence-corrected chi connectivity index (χ4v) is 2.66. The molecular formula is C12H22N2O3. The van der Waals surface area contributed by atoms with Crippen LogP contribution in [0, 0.1) is 0 Å². The number of nitrogens with one attached hydrogen (secondary N) is 1.